The molecular formula is C21H29N5O2. The Hall–Kier alpha value is -2.64. The zero-order chi connectivity index (χ0) is 20.3. The fourth-order valence-corrected chi connectivity index (χ4v) is 3.45. The molecule has 0 bridgehead atoms. The molecule has 0 saturated carbocycles. The molecule has 7 heteroatoms. The number of pyridine rings is 2. The molecule has 3 aromatic rings. The molecule has 1 aliphatic rings. The predicted octanol–water partition coefficient (Wildman–Crippen LogP) is 2.55. The number of nitrogens with zero attached hydrogens (tertiary/aromatic N) is 4. The fourth-order valence-electron chi connectivity index (χ4n) is 3.45. The van der Waals surface area contributed by atoms with E-state index in [2.05, 4.69) is 21.8 Å². The molecule has 3 aromatic heterocycles. The third kappa shape index (κ3) is 3.95. The lowest BCUT2D eigenvalue weighted by Crippen LogP contribution is -2.43. The van der Waals surface area contributed by atoms with Gasteiger partial charge in [-0.25, -0.2) is 0 Å². The van der Waals surface area contributed by atoms with Crippen molar-refractivity contribution in [1.82, 2.24) is 19.4 Å². The summed E-state index contributed by atoms with van der Waals surface area (Å²) in [5.41, 5.74) is 8.82. The summed E-state index contributed by atoms with van der Waals surface area (Å²) in [5.74, 6) is 0.807. The smallest absolute Gasteiger partial charge is 0.261 e. The Balaban J connectivity index is 0.00000109. The van der Waals surface area contributed by atoms with Crippen molar-refractivity contribution >= 4 is 16.7 Å². The molecule has 7 nitrogen and oxygen atoms in total. The first-order valence-corrected chi connectivity index (χ1v) is 9.76. The lowest BCUT2D eigenvalue weighted by Gasteiger charge is -2.31. The first-order valence-electron chi connectivity index (χ1n) is 9.76. The molecular weight excluding hydrogens is 354 g/mol. The number of fused-ring (bicyclic) bond motifs is 1. The average Bonchev–Trinajstić information content (AvgIpc) is 3.13. The standard InChI is InChI=1S/C19H23N5O2.C2H6/c1-22-5-7-24(8-6-22)11-13-9-15-18(26-13)16(12-23(2)19(15)25)14-3-4-21-10-17(14)20;1-2/h3-4,9-10,12H,5-8,11,20H2,1-2H3;1-2H3. The van der Waals surface area contributed by atoms with Crippen LogP contribution in [0, 0.1) is 0 Å². The summed E-state index contributed by atoms with van der Waals surface area (Å²) in [4.78, 5) is 21.3. The number of rotatable bonds is 3. The van der Waals surface area contributed by atoms with Crippen molar-refractivity contribution in [1.29, 1.82) is 0 Å². The van der Waals surface area contributed by atoms with Crippen LogP contribution in [-0.4, -0.2) is 52.6 Å². The van der Waals surface area contributed by atoms with E-state index < -0.39 is 0 Å². The first-order chi connectivity index (χ1) is 13.5. The number of piperazine rings is 1. The van der Waals surface area contributed by atoms with Gasteiger partial charge in [0, 0.05) is 56.7 Å². The maximum Gasteiger partial charge on any atom is 0.261 e. The van der Waals surface area contributed by atoms with Crippen LogP contribution < -0.4 is 11.3 Å². The SMILES string of the molecule is CC.CN1CCN(Cc2cc3c(=O)n(C)cc(-c4ccncc4N)c3o2)CC1. The fraction of sp³-hybridized carbons (Fsp3) is 0.429. The topological polar surface area (TPSA) is 80.5 Å². The van der Waals surface area contributed by atoms with Gasteiger partial charge in [-0.15, -0.1) is 0 Å². The second-order valence-electron chi connectivity index (χ2n) is 6.96. The number of nitrogens with two attached hydrogens (primary N) is 1. The first kappa shape index (κ1) is 20.1. The molecule has 28 heavy (non-hydrogen) atoms. The van der Waals surface area contributed by atoms with Crippen LogP contribution in [-0.2, 0) is 13.6 Å². The highest BCUT2D eigenvalue weighted by molar-refractivity contribution is 5.94. The van der Waals surface area contributed by atoms with Crippen LogP contribution in [0.15, 0.2) is 39.9 Å². The third-order valence-electron chi connectivity index (χ3n) is 5.02. The van der Waals surface area contributed by atoms with E-state index >= 15 is 0 Å². The number of anilines is 1. The van der Waals surface area contributed by atoms with E-state index in [0.717, 1.165) is 43.1 Å². The van der Waals surface area contributed by atoms with E-state index in [-0.39, 0.29) is 5.56 Å². The summed E-state index contributed by atoms with van der Waals surface area (Å²) in [6.45, 7) is 8.78. The number of hydrogen-bond donors (Lipinski definition) is 1. The number of aryl methyl sites for hydroxylation is 1. The van der Waals surface area contributed by atoms with Gasteiger partial charge in [-0.3, -0.25) is 14.7 Å². The molecule has 0 amide bonds. The minimum absolute atomic E-state index is 0.0650. The second kappa shape index (κ2) is 8.58. The zero-order valence-corrected chi connectivity index (χ0v) is 17.1. The Morgan fingerprint density at radius 2 is 1.86 bits per heavy atom. The van der Waals surface area contributed by atoms with Gasteiger partial charge in [0.15, 0.2) is 0 Å². The predicted molar refractivity (Wildman–Crippen MR) is 113 cm³/mol. The Labute approximate surface area is 165 Å². The number of nitrogen functional groups attached to an aromatic ring is 1. The molecule has 4 heterocycles. The Bertz CT molecular complexity index is 1000. The van der Waals surface area contributed by atoms with Crippen molar-refractivity contribution in [2.45, 2.75) is 20.4 Å². The number of likely N-dealkylation sites (N-methyl/N-ethyl adjacent to an activating group) is 1. The minimum Gasteiger partial charge on any atom is -0.459 e. The van der Waals surface area contributed by atoms with Gasteiger partial charge in [0.1, 0.15) is 11.3 Å². The molecule has 0 aliphatic carbocycles. The number of aromatic nitrogens is 2. The Kier molecular flexibility index (Phi) is 6.16. The lowest BCUT2D eigenvalue weighted by atomic mass is 10.1. The van der Waals surface area contributed by atoms with Crippen LogP contribution in [0.5, 0.6) is 0 Å². The largest absolute Gasteiger partial charge is 0.459 e. The van der Waals surface area contributed by atoms with Crippen LogP contribution in [0.4, 0.5) is 5.69 Å². The monoisotopic (exact) mass is 383 g/mol. The van der Waals surface area contributed by atoms with Crippen LogP contribution in [0.25, 0.3) is 22.1 Å². The van der Waals surface area contributed by atoms with Gasteiger partial charge < -0.3 is 19.6 Å². The quantitative estimate of drug-likeness (QED) is 0.749. The molecule has 0 unspecified atom stereocenters. The van der Waals surface area contributed by atoms with Gasteiger partial charge in [0.2, 0.25) is 0 Å². The van der Waals surface area contributed by atoms with Gasteiger partial charge in [-0.05, 0) is 19.2 Å². The average molecular weight is 383 g/mol. The van der Waals surface area contributed by atoms with Gasteiger partial charge in [-0.1, -0.05) is 13.8 Å². The Morgan fingerprint density at radius 1 is 1.14 bits per heavy atom. The molecule has 1 fully saturated rings. The summed E-state index contributed by atoms with van der Waals surface area (Å²) in [6, 6.07) is 3.72. The van der Waals surface area contributed by atoms with E-state index in [1.54, 1.807) is 30.2 Å². The molecule has 2 N–H and O–H groups in total. The highest BCUT2D eigenvalue weighted by Crippen LogP contribution is 2.32. The highest BCUT2D eigenvalue weighted by atomic mass is 16.3. The molecule has 0 atom stereocenters. The highest BCUT2D eigenvalue weighted by Gasteiger charge is 2.19. The number of furan rings is 1. The molecule has 0 radical (unpaired) electrons. The van der Waals surface area contributed by atoms with Gasteiger partial charge >= 0.3 is 0 Å². The third-order valence-corrected chi connectivity index (χ3v) is 5.02. The summed E-state index contributed by atoms with van der Waals surface area (Å²) in [7, 11) is 3.88. The normalized spacial score (nSPS) is 15.4. The molecule has 0 spiro atoms. The molecule has 1 saturated heterocycles. The van der Waals surface area contributed by atoms with Gasteiger partial charge in [0.25, 0.3) is 5.56 Å². The van der Waals surface area contributed by atoms with E-state index in [4.69, 9.17) is 10.2 Å². The zero-order valence-electron chi connectivity index (χ0n) is 17.1. The maximum atomic E-state index is 12.6. The van der Waals surface area contributed by atoms with E-state index in [1.165, 1.54) is 0 Å². The van der Waals surface area contributed by atoms with Crippen molar-refractivity contribution in [2.75, 3.05) is 39.0 Å². The summed E-state index contributed by atoms with van der Waals surface area (Å²) >= 11 is 0. The Morgan fingerprint density at radius 3 is 2.54 bits per heavy atom. The van der Waals surface area contributed by atoms with Crippen LogP contribution in [0.1, 0.15) is 19.6 Å². The van der Waals surface area contributed by atoms with Gasteiger partial charge in [0.05, 0.1) is 23.8 Å². The molecule has 4 rings (SSSR count). The van der Waals surface area contributed by atoms with Crippen LogP contribution >= 0.6 is 0 Å². The molecule has 150 valence electrons. The van der Waals surface area contributed by atoms with E-state index in [1.807, 2.05) is 26.0 Å². The molecule has 1 aliphatic heterocycles. The number of hydrogen-bond acceptors (Lipinski definition) is 6. The van der Waals surface area contributed by atoms with E-state index in [0.29, 0.717) is 23.2 Å². The maximum absolute atomic E-state index is 12.6. The molecule has 0 aromatic carbocycles. The van der Waals surface area contributed by atoms with Crippen molar-refractivity contribution in [3.63, 3.8) is 0 Å². The summed E-state index contributed by atoms with van der Waals surface area (Å²) in [5, 5.41) is 0.588. The lowest BCUT2D eigenvalue weighted by molar-refractivity contribution is 0.141. The minimum atomic E-state index is -0.0650. The van der Waals surface area contributed by atoms with Crippen LogP contribution in [0.3, 0.4) is 0 Å². The van der Waals surface area contributed by atoms with Crippen molar-refractivity contribution in [3.05, 3.63) is 46.8 Å². The van der Waals surface area contributed by atoms with Gasteiger partial charge in [-0.2, -0.15) is 0 Å². The second-order valence-corrected chi connectivity index (χ2v) is 6.96. The van der Waals surface area contributed by atoms with Crippen molar-refractivity contribution in [2.24, 2.45) is 7.05 Å². The van der Waals surface area contributed by atoms with Crippen LogP contribution in [0.2, 0.25) is 0 Å². The van der Waals surface area contributed by atoms with E-state index in [9.17, 15) is 4.79 Å². The summed E-state index contributed by atoms with van der Waals surface area (Å²) < 4.78 is 7.71. The van der Waals surface area contributed by atoms with Crippen molar-refractivity contribution < 1.29 is 4.42 Å². The summed E-state index contributed by atoms with van der Waals surface area (Å²) in [6.07, 6.45) is 5.08. The van der Waals surface area contributed by atoms with Crippen molar-refractivity contribution in [3.8, 4) is 11.1 Å².